The molecule has 1 fully saturated rings. The molecule has 1 N–H and O–H groups in total. The maximum absolute atomic E-state index is 12.4. The molecule has 2 aromatic carbocycles. The summed E-state index contributed by atoms with van der Waals surface area (Å²) in [5.74, 6) is -0.470. The Morgan fingerprint density at radius 3 is 2.38 bits per heavy atom. The van der Waals surface area contributed by atoms with Gasteiger partial charge in [-0.05, 0) is 24.3 Å². The molecule has 0 saturated carbocycles. The molecule has 1 heterocycles. The fourth-order valence-corrected chi connectivity index (χ4v) is 2.55. The van der Waals surface area contributed by atoms with E-state index in [1.807, 2.05) is 18.2 Å². The summed E-state index contributed by atoms with van der Waals surface area (Å²) in [7, 11) is 0. The summed E-state index contributed by atoms with van der Waals surface area (Å²) in [6.45, 7) is 0. The van der Waals surface area contributed by atoms with Crippen LogP contribution in [0.3, 0.4) is 0 Å². The first-order valence-corrected chi connectivity index (χ1v) is 6.97. The van der Waals surface area contributed by atoms with Gasteiger partial charge in [-0.3, -0.25) is 9.59 Å². The van der Waals surface area contributed by atoms with Crippen LogP contribution in [0.15, 0.2) is 54.6 Å². The Morgan fingerprint density at radius 2 is 1.67 bits per heavy atom. The molecule has 3 rings (SSSR count). The topological polar surface area (TPSA) is 49.4 Å². The van der Waals surface area contributed by atoms with Crippen molar-refractivity contribution in [2.24, 2.45) is 0 Å². The minimum absolute atomic E-state index is 0.124. The van der Waals surface area contributed by atoms with Crippen molar-refractivity contribution in [3.63, 3.8) is 0 Å². The van der Waals surface area contributed by atoms with Crippen molar-refractivity contribution in [3.8, 4) is 0 Å². The summed E-state index contributed by atoms with van der Waals surface area (Å²) in [6.07, 6.45) is 0.124. The quantitative estimate of drug-likeness (QED) is 0.886. The lowest BCUT2D eigenvalue weighted by atomic mass is 10.2. The third-order valence-corrected chi connectivity index (χ3v) is 3.69. The van der Waals surface area contributed by atoms with Gasteiger partial charge in [-0.25, -0.2) is 4.90 Å². The molecule has 0 radical (unpaired) electrons. The maximum Gasteiger partial charge on any atom is 0.256 e. The van der Waals surface area contributed by atoms with Crippen LogP contribution in [0.5, 0.6) is 0 Å². The van der Waals surface area contributed by atoms with Crippen molar-refractivity contribution in [3.05, 3.63) is 59.6 Å². The van der Waals surface area contributed by atoms with Gasteiger partial charge in [0.25, 0.3) is 5.91 Å². The number of hydrogen-bond donors (Lipinski definition) is 1. The summed E-state index contributed by atoms with van der Waals surface area (Å²) in [4.78, 5) is 25.8. The zero-order valence-electron chi connectivity index (χ0n) is 11.1. The molecule has 0 spiro atoms. The lowest BCUT2D eigenvalue weighted by Gasteiger charge is -2.16. The Hall–Kier alpha value is -2.33. The number of rotatable bonds is 3. The largest absolute Gasteiger partial charge is 0.372 e. The second-order valence-corrected chi connectivity index (χ2v) is 5.19. The number of carbonyl (C=O) groups excluding carboxylic acids is 2. The van der Waals surface area contributed by atoms with Crippen molar-refractivity contribution in [1.82, 2.24) is 0 Å². The number of imide groups is 1. The van der Waals surface area contributed by atoms with Crippen LogP contribution < -0.4 is 10.2 Å². The first-order chi connectivity index (χ1) is 10.2. The van der Waals surface area contributed by atoms with E-state index < -0.39 is 6.04 Å². The van der Waals surface area contributed by atoms with E-state index in [0.29, 0.717) is 16.4 Å². The van der Waals surface area contributed by atoms with Crippen molar-refractivity contribution in [2.45, 2.75) is 12.5 Å². The Bertz CT molecular complexity index is 688. The zero-order valence-corrected chi connectivity index (χ0v) is 11.9. The van der Waals surface area contributed by atoms with Crippen molar-refractivity contribution in [1.29, 1.82) is 0 Å². The van der Waals surface area contributed by atoms with Crippen LogP contribution in [0, 0.1) is 0 Å². The minimum atomic E-state index is -0.586. The van der Waals surface area contributed by atoms with Crippen molar-refractivity contribution >= 4 is 34.8 Å². The summed E-state index contributed by atoms with van der Waals surface area (Å²) in [5.41, 5.74) is 1.25. The number of nitrogens with zero attached hydrogens (tertiary/aromatic N) is 1. The van der Waals surface area contributed by atoms with Gasteiger partial charge in [0.05, 0.1) is 22.8 Å². The molecule has 0 unspecified atom stereocenters. The predicted molar refractivity (Wildman–Crippen MR) is 82.4 cm³/mol. The van der Waals surface area contributed by atoms with E-state index in [9.17, 15) is 9.59 Å². The number of nitrogens with one attached hydrogen (secondary N) is 1. The van der Waals surface area contributed by atoms with E-state index in [4.69, 9.17) is 11.6 Å². The number of halogens is 1. The van der Waals surface area contributed by atoms with Gasteiger partial charge in [0.1, 0.15) is 6.04 Å². The fraction of sp³-hybridized carbons (Fsp3) is 0.125. The lowest BCUT2D eigenvalue weighted by Crippen LogP contribution is -2.34. The molecule has 1 atom stereocenters. The van der Waals surface area contributed by atoms with Crippen LogP contribution in [-0.2, 0) is 9.59 Å². The van der Waals surface area contributed by atoms with Crippen LogP contribution in [0.25, 0.3) is 0 Å². The first kappa shape index (κ1) is 13.6. The average Bonchev–Trinajstić information content (AvgIpc) is 2.77. The third kappa shape index (κ3) is 2.62. The molecular weight excluding hydrogens is 288 g/mol. The highest BCUT2D eigenvalue weighted by Gasteiger charge is 2.39. The Kier molecular flexibility index (Phi) is 3.62. The highest BCUT2D eigenvalue weighted by atomic mass is 35.5. The maximum atomic E-state index is 12.4. The minimum Gasteiger partial charge on any atom is -0.372 e. The highest BCUT2D eigenvalue weighted by molar-refractivity contribution is 6.33. The van der Waals surface area contributed by atoms with Crippen LogP contribution in [-0.4, -0.2) is 17.9 Å². The van der Waals surface area contributed by atoms with Gasteiger partial charge >= 0.3 is 0 Å². The number of anilines is 2. The van der Waals surface area contributed by atoms with Crippen LogP contribution in [0.4, 0.5) is 11.4 Å². The molecule has 1 aliphatic heterocycles. The molecule has 5 heteroatoms. The Labute approximate surface area is 127 Å². The molecule has 106 valence electrons. The number of carbonyl (C=O) groups is 2. The molecule has 21 heavy (non-hydrogen) atoms. The van der Waals surface area contributed by atoms with Crippen LogP contribution >= 0.6 is 11.6 Å². The summed E-state index contributed by atoms with van der Waals surface area (Å²) < 4.78 is 0. The number of benzene rings is 2. The smallest absolute Gasteiger partial charge is 0.256 e. The van der Waals surface area contributed by atoms with Gasteiger partial charge in [0, 0.05) is 0 Å². The summed E-state index contributed by atoms with van der Waals surface area (Å²) in [6, 6.07) is 15.5. The van der Waals surface area contributed by atoms with E-state index in [2.05, 4.69) is 5.32 Å². The molecule has 0 aliphatic carbocycles. The van der Waals surface area contributed by atoms with Crippen LogP contribution in [0.1, 0.15) is 6.42 Å². The van der Waals surface area contributed by atoms with Crippen molar-refractivity contribution in [2.75, 3.05) is 10.2 Å². The van der Waals surface area contributed by atoms with Gasteiger partial charge in [0.2, 0.25) is 5.91 Å². The van der Waals surface area contributed by atoms with E-state index >= 15 is 0 Å². The predicted octanol–water partition coefficient (Wildman–Crippen LogP) is 3.08. The fourth-order valence-electron chi connectivity index (χ4n) is 2.36. The summed E-state index contributed by atoms with van der Waals surface area (Å²) in [5, 5.41) is 3.57. The lowest BCUT2D eigenvalue weighted by molar-refractivity contribution is -0.121. The molecular formula is C16H13ClN2O2. The second-order valence-electron chi connectivity index (χ2n) is 4.78. The van der Waals surface area contributed by atoms with E-state index in [0.717, 1.165) is 0 Å². The van der Waals surface area contributed by atoms with Gasteiger partial charge in [-0.1, -0.05) is 41.9 Å². The molecule has 2 amide bonds. The van der Waals surface area contributed by atoms with Gasteiger partial charge in [-0.2, -0.15) is 0 Å². The molecule has 0 aromatic heterocycles. The summed E-state index contributed by atoms with van der Waals surface area (Å²) >= 11 is 6.07. The molecule has 1 saturated heterocycles. The molecule has 1 aliphatic rings. The second kappa shape index (κ2) is 5.58. The van der Waals surface area contributed by atoms with E-state index in [1.165, 1.54) is 4.90 Å². The third-order valence-electron chi connectivity index (χ3n) is 3.36. The number of amides is 2. The van der Waals surface area contributed by atoms with E-state index in [1.54, 1.807) is 36.4 Å². The standard InChI is InChI=1S/C16H13ClN2O2/c17-12-8-4-5-9-13(12)18-14-10-15(20)19(16(14)21)11-6-2-1-3-7-11/h1-9,14,18H,10H2/t14-/m1/s1. The number of hydrogen-bond acceptors (Lipinski definition) is 3. The highest BCUT2D eigenvalue weighted by Crippen LogP contribution is 2.27. The van der Waals surface area contributed by atoms with Gasteiger partial charge in [-0.15, -0.1) is 0 Å². The Balaban J connectivity index is 1.83. The Morgan fingerprint density at radius 1 is 1.00 bits per heavy atom. The average molecular weight is 301 g/mol. The SMILES string of the molecule is O=C1C[C@@H](Nc2ccccc2Cl)C(=O)N1c1ccccc1. The monoisotopic (exact) mass is 300 g/mol. The van der Waals surface area contributed by atoms with Crippen molar-refractivity contribution < 1.29 is 9.59 Å². The molecule has 4 nitrogen and oxygen atoms in total. The van der Waals surface area contributed by atoms with Crippen LogP contribution in [0.2, 0.25) is 5.02 Å². The number of para-hydroxylation sites is 2. The van der Waals surface area contributed by atoms with Gasteiger partial charge < -0.3 is 5.32 Å². The van der Waals surface area contributed by atoms with E-state index in [-0.39, 0.29) is 18.2 Å². The normalized spacial score (nSPS) is 18.1. The first-order valence-electron chi connectivity index (χ1n) is 6.60. The van der Waals surface area contributed by atoms with Gasteiger partial charge in [0.15, 0.2) is 0 Å². The molecule has 0 bridgehead atoms. The zero-order chi connectivity index (χ0) is 14.8. The molecule has 2 aromatic rings.